The van der Waals surface area contributed by atoms with Crippen LogP contribution < -0.4 is 9.79 Å². The van der Waals surface area contributed by atoms with Crippen LogP contribution in [0.3, 0.4) is 0 Å². The van der Waals surface area contributed by atoms with E-state index >= 15 is 0 Å². The van der Waals surface area contributed by atoms with Crippen molar-refractivity contribution in [2.45, 2.75) is 25.4 Å². The van der Waals surface area contributed by atoms with E-state index in [4.69, 9.17) is 4.52 Å². The van der Waals surface area contributed by atoms with Crippen LogP contribution >= 0.6 is 7.82 Å². The van der Waals surface area contributed by atoms with Gasteiger partial charge in [0.1, 0.15) is 5.60 Å². The highest BCUT2D eigenvalue weighted by Gasteiger charge is 2.35. The second-order valence-corrected chi connectivity index (χ2v) is 5.92. The molecule has 0 N–H and O–H groups in total. The first kappa shape index (κ1) is 15.9. The van der Waals surface area contributed by atoms with Gasteiger partial charge in [-0.25, -0.2) is 0 Å². The van der Waals surface area contributed by atoms with Crippen molar-refractivity contribution < 1.29 is 18.9 Å². The fourth-order valence-corrected chi connectivity index (χ4v) is 3.25. The smallest absolute Gasteiger partial charge is 0.123 e. The zero-order chi connectivity index (χ0) is 15.3. The molecule has 0 saturated carbocycles. The summed E-state index contributed by atoms with van der Waals surface area (Å²) < 4.78 is 16.4. The van der Waals surface area contributed by atoms with Crippen LogP contribution in [0.15, 0.2) is 60.7 Å². The molecular formula is C16H17O4P-2. The monoisotopic (exact) mass is 304 g/mol. The molecule has 0 aliphatic carbocycles. The van der Waals surface area contributed by atoms with Crippen LogP contribution in [-0.4, -0.2) is 0 Å². The first-order valence-electron chi connectivity index (χ1n) is 6.82. The van der Waals surface area contributed by atoms with Crippen molar-refractivity contribution in [3.8, 4) is 0 Å². The van der Waals surface area contributed by atoms with Gasteiger partial charge in [-0.1, -0.05) is 74.0 Å². The van der Waals surface area contributed by atoms with Crippen LogP contribution in [0.5, 0.6) is 0 Å². The SMILES string of the molecule is CCCC(OP(=O)([O-])[O-])(c1ccccc1)c1ccccc1. The van der Waals surface area contributed by atoms with Crippen LogP contribution in [0.25, 0.3) is 0 Å². The standard InChI is InChI=1S/C16H19O4P/c1-2-13-16(20-21(17,18)19,14-9-5-3-6-10-14)15-11-7-4-8-12-15/h3-12H,2,13H2,1H3,(H2,17,18,19)/p-2. The molecule has 4 nitrogen and oxygen atoms in total. The molecule has 0 saturated heterocycles. The Hall–Kier alpha value is -1.45. The fraction of sp³-hybridized carbons (Fsp3) is 0.250. The molecule has 21 heavy (non-hydrogen) atoms. The van der Waals surface area contributed by atoms with Crippen molar-refractivity contribution in [3.63, 3.8) is 0 Å². The quantitative estimate of drug-likeness (QED) is 0.769. The Labute approximate surface area is 124 Å². The summed E-state index contributed by atoms with van der Waals surface area (Å²) in [5, 5.41) is 0. The topological polar surface area (TPSA) is 72.4 Å². The third-order valence-corrected chi connectivity index (χ3v) is 3.89. The minimum atomic E-state index is -5.15. The van der Waals surface area contributed by atoms with Crippen LogP contribution in [0, 0.1) is 0 Å². The lowest BCUT2D eigenvalue weighted by Gasteiger charge is -2.43. The van der Waals surface area contributed by atoms with Crippen molar-refractivity contribution in [1.29, 1.82) is 0 Å². The largest absolute Gasteiger partial charge is 0.790 e. The molecular weight excluding hydrogens is 287 g/mol. The summed E-state index contributed by atoms with van der Waals surface area (Å²) in [6.07, 6.45) is 1.07. The summed E-state index contributed by atoms with van der Waals surface area (Å²) in [7, 11) is -5.15. The van der Waals surface area contributed by atoms with Gasteiger partial charge in [0.25, 0.3) is 0 Å². The molecule has 2 aromatic rings. The third-order valence-electron chi connectivity index (χ3n) is 3.35. The average Bonchev–Trinajstić information content (AvgIpc) is 2.47. The first-order chi connectivity index (χ1) is 9.98. The van der Waals surface area contributed by atoms with Crippen molar-refractivity contribution in [1.82, 2.24) is 0 Å². The predicted octanol–water partition coefficient (Wildman–Crippen LogP) is 2.58. The Bertz CT molecular complexity index is 567. The number of rotatable bonds is 6. The highest BCUT2D eigenvalue weighted by Crippen LogP contribution is 2.46. The Morgan fingerprint density at radius 1 is 0.952 bits per heavy atom. The minimum Gasteiger partial charge on any atom is -0.790 e. The van der Waals surface area contributed by atoms with Gasteiger partial charge in [-0.05, 0) is 17.5 Å². The molecule has 0 fully saturated rings. The molecule has 0 bridgehead atoms. The van der Waals surface area contributed by atoms with Crippen LogP contribution in [0.2, 0.25) is 0 Å². The average molecular weight is 304 g/mol. The van der Waals surface area contributed by atoms with Gasteiger partial charge in [0, 0.05) is 0 Å². The number of hydrogen-bond donors (Lipinski definition) is 0. The number of phosphoric acid groups is 1. The normalized spacial score (nSPS) is 12.3. The Balaban J connectivity index is 2.63. The zero-order valence-electron chi connectivity index (χ0n) is 11.8. The predicted molar refractivity (Wildman–Crippen MR) is 77.3 cm³/mol. The highest BCUT2D eigenvalue weighted by molar-refractivity contribution is 7.43. The lowest BCUT2D eigenvalue weighted by atomic mass is 9.83. The van der Waals surface area contributed by atoms with Gasteiger partial charge in [0.15, 0.2) is 0 Å². The number of hydrogen-bond acceptors (Lipinski definition) is 4. The van der Waals surface area contributed by atoms with Crippen molar-refractivity contribution in [3.05, 3.63) is 71.8 Å². The van der Waals surface area contributed by atoms with Gasteiger partial charge in [0.2, 0.25) is 0 Å². The maximum atomic E-state index is 11.3. The molecule has 112 valence electrons. The van der Waals surface area contributed by atoms with Crippen LogP contribution in [0.1, 0.15) is 30.9 Å². The number of benzene rings is 2. The lowest BCUT2D eigenvalue weighted by Crippen LogP contribution is -2.34. The Morgan fingerprint density at radius 3 is 1.71 bits per heavy atom. The van der Waals surface area contributed by atoms with E-state index in [0.29, 0.717) is 24.0 Å². The molecule has 5 heteroatoms. The molecule has 0 atom stereocenters. The zero-order valence-corrected chi connectivity index (χ0v) is 12.7. The molecule has 0 radical (unpaired) electrons. The summed E-state index contributed by atoms with van der Waals surface area (Å²) in [4.78, 5) is 22.6. The van der Waals surface area contributed by atoms with Crippen LogP contribution in [0.4, 0.5) is 0 Å². The Morgan fingerprint density at radius 2 is 1.38 bits per heavy atom. The summed E-state index contributed by atoms with van der Waals surface area (Å²) in [6, 6.07) is 18.0. The van der Waals surface area contributed by atoms with Gasteiger partial charge in [-0.15, -0.1) is 0 Å². The highest BCUT2D eigenvalue weighted by atomic mass is 31.2. The molecule has 2 aromatic carbocycles. The maximum Gasteiger partial charge on any atom is 0.123 e. The van der Waals surface area contributed by atoms with Gasteiger partial charge < -0.3 is 18.9 Å². The molecule has 0 spiro atoms. The molecule has 0 heterocycles. The third kappa shape index (κ3) is 3.80. The van der Waals surface area contributed by atoms with Crippen LogP contribution in [-0.2, 0) is 14.7 Å². The molecule has 0 aromatic heterocycles. The van der Waals surface area contributed by atoms with E-state index in [1.54, 1.807) is 48.5 Å². The Kier molecular flexibility index (Phi) is 4.96. The summed E-state index contributed by atoms with van der Waals surface area (Å²) in [6.45, 7) is 1.92. The van der Waals surface area contributed by atoms with Crippen molar-refractivity contribution in [2.75, 3.05) is 0 Å². The maximum absolute atomic E-state index is 11.3. The second kappa shape index (κ2) is 6.54. The van der Waals surface area contributed by atoms with Gasteiger partial charge in [-0.3, -0.25) is 0 Å². The van der Waals surface area contributed by atoms with Crippen molar-refractivity contribution in [2.24, 2.45) is 0 Å². The second-order valence-electron chi connectivity index (χ2n) is 4.85. The summed E-state index contributed by atoms with van der Waals surface area (Å²) >= 11 is 0. The molecule has 0 amide bonds. The van der Waals surface area contributed by atoms with E-state index in [9.17, 15) is 14.4 Å². The molecule has 0 aliphatic rings. The first-order valence-corrected chi connectivity index (χ1v) is 8.28. The van der Waals surface area contributed by atoms with E-state index in [-0.39, 0.29) is 0 Å². The van der Waals surface area contributed by atoms with E-state index < -0.39 is 13.4 Å². The minimum absolute atomic E-state index is 0.398. The van der Waals surface area contributed by atoms with Crippen molar-refractivity contribution >= 4 is 7.82 Å². The molecule has 0 aliphatic heterocycles. The molecule has 2 rings (SSSR count). The summed E-state index contributed by atoms with van der Waals surface area (Å²) in [5.74, 6) is 0. The van der Waals surface area contributed by atoms with Gasteiger partial charge in [-0.2, -0.15) is 0 Å². The van der Waals surface area contributed by atoms with E-state index in [1.807, 2.05) is 19.1 Å². The fourth-order valence-electron chi connectivity index (χ4n) is 2.56. The number of phosphoric ester groups is 1. The van der Waals surface area contributed by atoms with Gasteiger partial charge >= 0.3 is 0 Å². The van der Waals surface area contributed by atoms with Gasteiger partial charge in [0.05, 0.1) is 7.82 Å². The summed E-state index contributed by atoms with van der Waals surface area (Å²) in [5.41, 5.74) is 0.0472. The molecule has 0 unspecified atom stereocenters. The van der Waals surface area contributed by atoms with E-state index in [1.165, 1.54) is 0 Å². The van der Waals surface area contributed by atoms with E-state index in [0.717, 1.165) is 0 Å². The van der Waals surface area contributed by atoms with E-state index in [2.05, 4.69) is 0 Å². The lowest BCUT2D eigenvalue weighted by molar-refractivity contribution is -0.349.